The number of hydrogen-bond acceptors (Lipinski definition) is 4. The molecule has 3 rings (SSSR count). The minimum Gasteiger partial charge on any atom is -0.383 e. The Hall–Kier alpha value is -1.40. The molecule has 0 aliphatic rings. The van der Waals surface area contributed by atoms with Crippen molar-refractivity contribution < 1.29 is 4.74 Å². The summed E-state index contributed by atoms with van der Waals surface area (Å²) in [6.07, 6.45) is 0. The molecule has 0 bridgehead atoms. The van der Waals surface area contributed by atoms with Gasteiger partial charge in [0.2, 0.25) is 0 Å². The zero-order valence-corrected chi connectivity index (χ0v) is 14.4. The standard InChI is InChI=1S/C16H15ClN2OS2/c1-20-9-8-19-14(15-3-2-10-21-15)11-22-16(19)18-13-6-4-12(17)5-7-13/h2-7,10-11H,8-9H2,1H3. The summed E-state index contributed by atoms with van der Waals surface area (Å²) in [5, 5.41) is 4.96. The van der Waals surface area contributed by atoms with Crippen molar-refractivity contribution in [3.8, 4) is 10.6 Å². The van der Waals surface area contributed by atoms with Crippen LogP contribution in [0.3, 0.4) is 0 Å². The van der Waals surface area contributed by atoms with Crippen molar-refractivity contribution in [1.29, 1.82) is 0 Å². The van der Waals surface area contributed by atoms with E-state index in [0.717, 1.165) is 22.1 Å². The topological polar surface area (TPSA) is 26.5 Å². The predicted octanol–water partition coefficient (Wildman–Crippen LogP) is 4.81. The van der Waals surface area contributed by atoms with Crippen LogP contribution < -0.4 is 4.80 Å². The van der Waals surface area contributed by atoms with Crippen LogP contribution in [0.1, 0.15) is 0 Å². The average molecular weight is 351 g/mol. The van der Waals surface area contributed by atoms with Crippen molar-refractivity contribution in [2.75, 3.05) is 13.7 Å². The van der Waals surface area contributed by atoms with Gasteiger partial charge in [0.1, 0.15) is 0 Å². The molecular weight excluding hydrogens is 336 g/mol. The van der Waals surface area contributed by atoms with Gasteiger partial charge in [0.15, 0.2) is 4.80 Å². The van der Waals surface area contributed by atoms with Crippen molar-refractivity contribution in [2.24, 2.45) is 4.99 Å². The van der Waals surface area contributed by atoms with Crippen molar-refractivity contribution in [3.05, 3.63) is 57.0 Å². The Morgan fingerprint density at radius 2 is 2.00 bits per heavy atom. The quantitative estimate of drug-likeness (QED) is 0.648. The van der Waals surface area contributed by atoms with Gasteiger partial charge < -0.3 is 9.30 Å². The summed E-state index contributed by atoms with van der Waals surface area (Å²) in [5.74, 6) is 0. The number of methoxy groups -OCH3 is 1. The van der Waals surface area contributed by atoms with Gasteiger partial charge in [0.05, 0.1) is 22.9 Å². The van der Waals surface area contributed by atoms with Crippen LogP contribution in [-0.2, 0) is 11.3 Å². The largest absolute Gasteiger partial charge is 0.383 e. The zero-order valence-electron chi connectivity index (χ0n) is 12.0. The highest BCUT2D eigenvalue weighted by molar-refractivity contribution is 7.14. The van der Waals surface area contributed by atoms with Gasteiger partial charge in [-0.1, -0.05) is 17.7 Å². The fraction of sp³-hybridized carbons (Fsp3) is 0.188. The lowest BCUT2D eigenvalue weighted by Gasteiger charge is -2.07. The minimum absolute atomic E-state index is 0.656. The fourth-order valence-electron chi connectivity index (χ4n) is 2.07. The maximum Gasteiger partial charge on any atom is 0.190 e. The molecule has 0 radical (unpaired) electrons. The molecule has 22 heavy (non-hydrogen) atoms. The van der Waals surface area contributed by atoms with E-state index in [-0.39, 0.29) is 0 Å². The lowest BCUT2D eigenvalue weighted by atomic mass is 10.3. The third kappa shape index (κ3) is 3.50. The first kappa shape index (κ1) is 15.5. The van der Waals surface area contributed by atoms with E-state index in [2.05, 4.69) is 27.5 Å². The van der Waals surface area contributed by atoms with E-state index in [0.29, 0.717) is 6.61 Å². The SMILES string of the molecule is COCCn1c(-c2cccs2)csc1=Nc1ccc(Cl)cc1. The fourth-order valence-corrected chi connectivity index (χ4v) is 3.96. The molecule has 0 amide bonds. The van der Waals surface area contributed by atoms with E-state index < -0.39 is 0 Å². The van der Waals surface area contributed by atoms with Crippen LogP contribution >= 0.6 is 34.3 Å². The minimum atomic E-state index is 0.656. The molecule has 0 fully saturated rings. The first-order valence-corrected chi connectivity index (χ1v) is 8.93. The second kappa shape index (κ2) is 7.24. The Morgan fingerprint density at radius 3 is 2.68 bits per heavy atom. The van der Waals surface area contributed by atoms with Gasteiger partial charge in [0.25, 0.3) is 0 Å². The maximum atomic E-state index is 5.93. The summed E-state index contributed by atoms with van der Waals surface area (Å²) in [4.78, 5) is 6.94. The molecule has 114 valence electrons. The molecule has 2 aromatic heterocycles. The van der Waals surface area contributed by atoms with Gasteiger partial charge in [-0.05, 0) is 35.7 Å². The van der Waals surface area contributed by atoms with E-state index in [4.69, 9.17) is 21.3 Å². The monoisotopic (exact) mass is 350 g/mol. The molecule has 2 heterocycles. The van der Waals surface area contributed by atoms with Crippen molar-refractivity contribution in [3.63, 3.8) is 0 Å². The van der Waals surface area contributed by atoms with Crippen molar-refractivity contribution in [1.82, 2.24) is 4.57 Å². The number of hydrogen-bond donors (Lipinski definition) is 0. The molecule has 0 aliphatic carbocycles. The Labute approximate surface area is 142 Å². The van der Waals surface area contributed by atoms with Crippen LogP contribution in [0.2, 0.25) is 5.02 Å². The smallest absolute Gasteiger partial charge is 0.190 e. The van der Waals surface area contributed by atoms with Gasteiger partial charge in [-0.25, -0.2) is 4.99 Å². The Bertz CT molecular complexity index is 788. The number of ether oxygens (including phenoxy) is 1. The first-order valence-electron chi connectivity index (χ1n) is 6.79. The molecule has 6 heteroatoms. The van der Waals surface area contributed by atoms with Crippen LogP contribution in [0, 0.1) is 0 Å². The molecule has 1 aromatic carbocycles. The third-order valence-corrected chi connectivity index (χ3v) is 5.15. The molecule has 0 saturated heterocycles. The number of thiazole rings is 1. The van der Waals surface area contributed by atoms with Crippen LogP contribution in [0.15, 0.2) is 52.2 Å². The Morgan fingerprint density at radius 1 is 1.18 bits per heavy atom. The van der Waals surface area contributed by atoms with Crippen molar-refractivity contribution >= 4 is 40.0 Å². The summed E-state index contributed by atoms with van der Waals surface area (Å²) in [7, 11) is 1.72. The van der Waals surface area contributed by atoms with E-state index in [1.807, 2.05) is 24.3 Å². The summed E-state index contributed by atoms with van der Waals surface area (Å²) in [5.41, 5.74) is 2.08. The van der Waals surface area contributed by atoms with Crippen LogP contribution in [0.5, 0.6) is 0 Å². The van der Waals surface area contributed by atoms with Crippen LogP contribution in [-0.4, -0.2) is 18.3 Å². The highest BCUT2D eigenvalue weighted by Crippen LogP contribution is 2.25. The number of halogens is 1. The number of benzene rings is 1. The number of aromatic nitrogens is 1. The van der Waals surface area contributed by atoms with Crippen LogP contribution in [0.4, 0.5) is 5.69 Å². The molecule has 0 saturated carbocycles. The van der Waals surface area contributed by atoms with Crippen LogP contribution in [0.25, 0.3) is 10.6 Å². The molecule has 0 spiro atoms. The maximum absolute atomic E-state index is 5.93. The second-order valence-electron chi connectivity index (χ2n) is 4.61. The Kier molecular flexibility index (Phi) is 5.10. The highest BCUT2D eigenvalue weighted by Gasteiger charge is 2.08. The van der Waals surface area contributed by atoms with Gasteiger partial charge in [-0.15, -0.1) is 22.7 Å². The number of nitrogens with zero attached hydrogens (tertiary/aromatic N) is 2. The average Bonchev–Trinajstić information content (AvgIpc) is 3.17. The van der Waals surface area contributed by atoms with Gasteiger partial charge in [-0.3, -0.25) is 0 Å². The van der Waals surface area contributed by atoms with E-state index >= 15 is 0 Å². The molecular formula is C16H15ClN2OS2. The van der Waals surface area contributed by atoms with Gasteiger partial charge in [-0.2, -0.15) is 0 Å². The lowest BCUT2D eigenvalue weighted by molar-refractivity contribution is 0.187. The van der Waals surface area contributed by atoms with E-state index in [1.165, 1.54) is 10.6 Å². The number of thiophene rings is 1. The highest BCUT2D eigenvalue weighted by atomic mass is 35.5. The molecule has 3 aromatic rings. The number of rotatable bonds is 5. The zero-order chi connectivity index (χ0) is 15.4. The molecule has 0 unspecified atom stereocenters. The summed E-state index contributed by atoms with van der Waals surface area (Å²) < 4.78 is 7.44. The summed E-state index contributed by atoms with van der Waals surface area (Å²) in [6.45, 7) is 1.43. The molecule has 0 N–H and O–H groups in total. The van der Waals surface area contributed by atoms with Crippen molar-refractivity contribution in [2.45, 2.75) is 6.54 Å². The summed E-state index contributed by atoms with van der Waals surface area (Å²) in [6, 6.07) is 11.7. The normalized spacial score (nSPS) is 12.0. The van der Waals surface area contributed by atoms with E-state index in [1.54, 1.807) is 29.8 Å². The first-order chi connectivity index (χ1) is 10.8. The molecule has 0 atom stereocenters. The molecule has 3 nitrogen and oxygen atoms in total. The second-order valence-corrected chi connectivity index (χ2v) is 6.83. The lowest BCUT2D eigenvalue weighted by Crippen LogP contribution is -2.18. The molecule has 0 aliphatic heterocycles. The third-order valence-electron chi connectivity index (χ3n) is 3.14. The predicted molar refractivity (Wildman–Crippen MR) is 94.2 cm³/mol. The summed E-state index contributed by atoms with van der Waals surface area (Å²) >= 11 is 9.30. The van der Waals surface area contributed by atoms with E-state index in [9.17, 15) is 0 Å². The van der Waals surface area contributed by atoms with Gasteiger partial charge >= 0.3 is 0 Å². The van der Waals surface area contributed by atoms with Gasteiger partial charge in [0, 0.05) is 24.1 Å². The Balaban J connectivity index is 2.05.